The third kappa shape index (κ3) is 2.56. The van der Waals surface area contributed by atoms with Crippen LogP contribution in [-0.4, -0.2) is 27.3 Å². The number of nitrogens with zero attached hydrogens (tertiary/aromatic N) is 2. The monoisotopic (exact) mass is 289 g/mol. The summed E-state index contributed by atoms with van der Waals surface area (Å²) in [5.41, 5.74) is 1.64. The number of carbonyl (C=O) groups excluding carboxylic acids is 1. The van der Waals surface area contributed by atoms with Gasteiger partial charge in [-0.1, -0.05) is 17.7 Å². The fraction of sp³-hybridized carbons (Fsp3) is 0.333. The number of carbonyl (C=O) groups is 1. The lowest BCUT2D eigenvalue weighted by Crippen LogP contribution is -2.38. The highest BCUT2D eigenvalue weighted by Crippen LogP contribution is 2.31. The molecule has 0 aliphatic carbocycles. The Balaban J connectivity index is 1.87. The van der Waals surface area contributed by atoms with Gasteiger partial charge in [0.2, 0.25) is 0 Å². The molecule has 20 heavy (non-hydrogen) atoms. The van der Waals surface area contributed by atoms with Crippen molar-refractivity contribution in [1.29, 1.82) is 0 Å². The number of amides is 1. The Morgan fingerprint density at radius 2 is 2.35 bits per heavy atom. The maximum absolute atomic E-state index is 12.6. The van der Waals surface area contributed by atoms with Crippen LogP contribution in [0.5, 0.6) is 0 Å². The quantitative estimate of drug-likeness (QED) is 0.921. The predicted octanol–water partition coefficient (Wildman–Crippen LogP) is 3.43. The molecular weight excluding hydrogens is 274 g/mol. The van der Waals surface area contributed by atoms with E-state index in [9.17, 15) is 4.79 Å². The number of pyridine rings is 1. The summed E-state index contributed by atoms with van der Waals surface area (Å²) >= 11 is 5.88. The molecule has 1 aliphatic heterocycles. The summed E-state index contributed by atoms with van der Waals surface area (Å²) in [4.78, 5) is 21.6. The zero-order valence-electron chi connectivity index (χ0n) is 11.1. The maximum Gasteiger partial charge on any atom is 0.270 e. The van der Waals surface area contributed by atoms with Gasteiger partial charge in [0.05, 0.1) is 11.1 Å². The van der Waals surface area contributed by atoms with Gasteiger partial charge in [-0.15, -0.1) is 0 Å². The van der Waals surface area contributed by atoms with Gasteiger partial charge in [0, 0.05) is 25.1 Å². The van der Waals surface area contributed by atoms with E-state index in [-0.39, 0.29) is 11.9 Å². The van der Waals surface area contributed by atoms with Crippen LogP contribution in [0, 0.1) is 0 Å². The van der Waals surface area contributed by atoms with Gasteiger partial charge in [-0.05, 0) is 37.0 Å². The van der Waals surface area contributed by atoms with E-state index in [0.29, 0.717) is 10.7 Å². The molecule has 0 bridgehead atoms. The van der Waals surface area contributed by atoms with Crippen molar-refractivity contribution in [3.05, 3.63) is 53.1 Å². The maximum atomic E-state index is 12.6. The molecule has 2 aromatic heterocycles. The first-order chi connectivity index (χ1) is 9.75. The van der Waals surface area contributed by atoms with Crippen molar-refractivity contribution in [3.63, 3.8) is 0 Å². The number of nitrogens with one attached hydrogen (secondary N) is 1. The van der Waals surface area contributed by atoms with Gasteiger partial charge in [-0.25, -0.2) is 0 Å². The number of rotatable bonds is 2. The lowest BCUT2D eigenvalue weighted by molar-refractivity contribution is 0.0606. The highest BCUT2D eigenvalue weighted by atomic mass is 35.5. The summed E-state index contributed by atoms with van der Waals surface area (Å²) in [5, 5.41) is 0.559. The SMILES string of the molecule is O=C(c1cc(Cl)c[nH]1)N1CCCCC1c1cccnc1. The van der Waals surface area contributed by atoms with Crippen LogP contribution >= 0.6 is 11.6 Å². The Hall–Kier alpha value is -1.81. The van der Waals surface area contributed by atoms with E-state index >= 15 is 0 Å². The zero-order valence-corrected chi connectivity index (χ0v) is 11.8. The fourth-order valence-corrected chi connectivity index (χ4v) is 2.90. The molecule has 0 spiro atoms. The van der Waals surface area contributed by atoms with Crippen LogP contribution in [0.3, 0.4) is 0 Å². The first-order valence-electron chi connectivity index (χ1n) is 6.80. The topological polar surface area (TPSA) is 49.0 Å². The molecule has 1 saturated heterocycles. The minimum atomic E-state index is 0.00505. The largest absolute Gasteiger partial charge is 0.356 e. The zero-order chi connectivity index (χ0) is 13.9. The summed E-state index contributed by atoms with van der Waals surface area (Å²) in [7, 11) is 0. The molecule has 1 unspecified atom stereocenters. The van der Waals surface area contributed by atoms with Crippen LogP contribution in [0.25, 0.3) is 0 Å². The van der Waals surface area contributed by atoms with Crippen LogP contribution in [0.1, 0.15) is 41.4 Å². The van der Waals surface area contributed by atoms with Crippen molar-refractivity contribution < 1.29 is 4.79 Å². The Labute approximate surface area is 122 Å². The molecule has 1 amide bonds. The molecule has 0 aromatic carbocycles. The highest BCUT2D eigenvalue weighted by molar-refractivity contribution is 6.30. The summed E-state index contributed by atoms with van der Waals surface area (Å²) in [6.45, 7) is 0.773. The van der Waals surface area contributed by atoms with Gasteiger partial charge in [-0.2, -0.15) is 0 Å². The van der Waals surface area contributed by atoms with E-state index in [0.717, 1.165) is 31.4 Å². The Morgan fingerprint density at radius 1 is 1.45 bits per heavy atom. The Kier molecular flexibility index (Phi) is 3.74. The van der Waals surface area contributed by atoms with Crippen LogP contribution < -0.4 is 0 Å². The van der Waals surface area contributed by atoms with E-state index in [1.54, 1.807) is 18.5 Å². The number of aromatic amines is 1. The van der Waals surface area contributed by atoms with Crippen LogP contribution in [0.4, 0.5) is 0 Å². The number of aromatic nitrogens is 2. The number of hydrogen-bond acceptors (Lipinski definition) is 2. The summed E-state index contributed by atoms with van der Waals surface area (Å²) < 4.78 is 0. The first kappa shape index (κ1) is 13.2. The molecule has 2 aromatic rings. The van der Waals surface area contributed by atoms with Crippen molar-refractivity contribution in [1.82, 2.24) is 14.9 Å². The molecule has 3 rings (SSSR count). The number of hydrogen-bond donors (Lipinski definition) is 1. The molecule has 0 radical (unpaired) electrons. The molecule has 1 aliphatic rings. The van der Waals surface area contributed by atoms with Crippen LogP contribution in [0.15, 0.2) is 36.8 Å². The van der Waals surface area contributed by atoms with Crippen molar-refractivity contribution in [2.45, 2.75) is 25.3 Å². The van der Waals surface area contributed by atoms with E-state index in [1.807, 2.05) is 23.2 Å². The molecule has 1 atom stereocenters. The fourth-order valence-electron chi connectivity index (χ4n) is 2.74. The molecule has 5 heteroatoms. The molecule has 1 fully saturated rings. The third-order valence-corrected chi connectivity index (χ3v) is 3.93. The second-order valence-corrected chi connectivity index (χ2v) is 5.46. The van der Waals surface area contributed by atoms with E-state index < -0.39 is 0 Å². The smallest absolute Gasteiger partial charge is 0.270 e. The van der Waals surface area contributed by atoms with E-state index in [2.05, 4.69) is 9.97 Å². The standard InChI is InChI=1S/C15H16ClN3O/c16-12-8-13(18-10-12)15(20)19-7-2-1-5-14(19)11-4-3-6-17-9-11/h3-4,6,8-10,14,18H,1-2,5,7H2. The van der Waals surface area contributed by atoms with Gasteiger partial charge in [0.1, 0.15) is 5.69 Å². The van der Waals surface area contributed by atoms with Gasteiger partial charge >= 0.3 is 0 Å². The molecule has 4 nitrogen and oxygen atoms in total. The number of likely N-dealkylation sites (tertiary alicyclic amines) is 1. The molecule has 104 valence electrons. The van der Waals surface area contributed by atoms with Crippen LogP contribution in [-0.2, 0) is 0 Å². The van der Waals surface area contributed by atoms with Crippen molar-refractivity contribution >= 4 is 17.5 Å². The highest BCUT2D eigenvalue weighted by Gasteiger charge is 2.29. The minimum Gasteiger partial charge on any atom is -0.356 e. The lowest BCUT2D eigenvalue weighted by Gasteiger charge is -2.35. The van der Waals surface area contributed by atoms with Crippen molar-refractivity contribution in [3.8, 4) is 0 Å². The average Bonchev–Trinajstić information content (AvgIpc) is 2.94. The van der Waals surface area contributed by atoms with Crippen molar-refractivity contribution in [2.24, 2.45) is 0 Å². The van der Waals surface area contributed by atoms with Gasteiger partial charge < -0.3 is 9.88 Å². The molecular formula is C15H16ClN3O. The number of halogens is 1. The Morgan fingerprint density at radius 3 is 3.05 bits per heavy atom. The van der Waals surface area contributed by atoms with Gasteiger partial charge in [0.15, 0.2) is 0 Å². The second-order valence-electron chi connectivity index (χ2n) is 5.03. The Bertz CT molecular complexity index is 596. The first-order valence-corrected chi connectivity index (χ1v) is 7.18. The number of H-pyrrole nitrogens is 1. The molecule has 0 saturated carbocycles. The van der Waals surface area contributed by atoms with E-state index in [1.165, 1.54) is 0 Å². The third-order valence-electron chi connectivity index (χ3n) is 3.71. The number of piperidine rings is 1. The van der Waals surface area contributed by atoms with E-state index in [4.69, 9.17) is 11.6 Å². The second kappa shape index (κ2) is 5.67. The average molecular weight is 290 g/mol. The van der Waals surface area contributed by atoms with Gasteiger partial charge in [-0.3, -0.25) is 9.78 Å². The van der Waals surface area contributed by atoms with Gasteiger partial charge in [0.25, 0.3) is 5.91 Å². The lowest BCUT2D eigenvalue weighted by atomic mass is 9.96. The van der Waals surface area contributed by atoms with Crippen LogP contribution in [0.2, 0.25) is 5.02 Å². The summed E-state index contributed by atoms with van der Waals surface area (Å²) in [6.07, 6.45) is 8.39. The summed E-state index contributed by atoms with van der Waals surface area (Å²) in [6, 6.07) is 5.73. The predicted molar refractivity (Wildman–Crippen MR) is 77.7 cm³/mol. The summed E-state index contributed by atoms with van der Waals surface area (Å²) in [5.74, 6) is 0.00505. The molecule has 3 heterocycles. The van der Waals surface area contributed by atoms with Crippen molar-refractivity contribution in [2.75, 3.05) is 6.54 Å². The minimum absolute atomic E-state index is 0.00505. The molecule has 1 N–H and O–H groups in total. The normalized spacial score (nSPS) is 19.1.